The van der Waals surface area contributed by atoms with Crippen LogP contribution in [-0.4, -0.2) is 4.92 Å². The van der Waals surface area contributed by atoms with Gasteiger partial charge in [0.2, 0.25) is 0 Å². The van der Waals surface area contributed by atoms with E-state index in [2.05, 4.69) is 51.6 Å². The van der Waals surface area contributed by atoms with E-state index in [0.717, 1.165) is 22.1 Å². The molecule has 5 heteroatoms. The van der Waals surface area contributed by atoms with Crippen LogP contribution in [0.25, 0.3) is 0 Å². The SMILES string of the molecule is O=[N+]([O-])c1ccc([C@@H]2Nc3cc(Br)ccc3[C@@H]3C=CC[C@@H]32)cc1. The summed E-state index contributed by atoms with van der Waals surface area (Å²) in [6.07, 6.45) is 5.55. The first kappa shape index (κ1) is 14.5. The first-order valence-electron chi connectivity index (χ1n) is 7.60. The molecular formula is C18H15BrN2O2. The molecule has 1 aliphatic heterocycles. The lowest BCUT2D eigenvalue weighted by Gasteiger charge is -2.37. The zero-order valence-corrected chi connectivity index (χ0v) is 13.9. The fraction of sp³-hybridized carbons (Fsp3) is 0.222. The van der Waals surface area contributed by atoms with Gasteiger partial charge in [-0.2, -0.15) is 0 Å². The van der Waals surface area contributed by atoms with E-state index in [9.17, 15) is 10.1 Å². The lowest BCUT2D eigenvalue weighted by atomic mass is 9.77. The van der Waals surface area contributed by atoms with Crippen molar-refractivity contribution in [2.45, 2.75) is 18.4 Å². The Balaban J connectivity index is 1.73. The number of allylic oxidation sites excluding steroid dienone is 2. The normalized spacial score (nSPS) is 24.7. The molecule has 2 aliphatic rings. The molecule has 116 valence electrons. The molecule has 0 radical (unpaired) electrons. The molecule has 1 heterocycles. The van der Waals surface area contributed by atoms with Gasteiger partial charge in [-0.1, -0.05) is 46.3 Å². The molecule has 1 aliphatic carbocycles. The van der Waals surface area contributed by atoms with Crippen LogP contribution in [0.15, 0.2) is 59.1 Å². The molecule has 0 unspecified atom stereocenters. The van der Waals surface area contributed by atoms with Crippen LogP contribution < -0.4 is 5.32 Å². The van der Waals surface area contributed by atoms with Crippen molar-refractivity contribution in [3.05, 3.63) is 80.3 Å². The third kappa shape index (κ3) is 2.45. The lowest BCUT2D eigenvalue weighted by Crippen LogP contribution is -2.29. The molecule has 0 fully saturated rings. The largest absolute Gasteiger partial charge is 0.378 e. The van der Waals surface area contributed by atoms with E-state index in [0.29, 0.717) is 11.8 Å². The molecule has 1 N–H and O–H groups in total. The van der Waals surface area contributed by atoms with Gasteiger partial charge in [-0.3, -0.25) is 10.1 Å². The van der Waals surface area contributed by atoms with Crippen LogP contribution in [0.5, 0.6) is 0 Å². The first-order valence-corrected chi connectivity index (χ1v) is 8.40. The third-order valence-corrected chi connectivity index (χ3v) is 5.28. The standard InChI is InChI=1S/C18H15BrN2O2/c19-12-6-9-15-14-2-1-3-16(14)18(20-17(15)10-12)11-4-7-13(8-5-11)21(22)23/h1-2,4-10,14,16,18,20H,3H2/t14-,16-,18-/m0/s1. The molecule has 0 spiro atoms. The van der Waals surface area contributed by atoms with E-state index in [1.165, 1.54) is 5.56 Å². The minimum absolute atomic E-state index is 0.133. The minimum Gasteiger partial charge on any atom is -0.378 e. The third-order valence-electron chi connectivity index (χ3n) is 4.79. The Bertz CT molecular complexity index is 801. The first-order chi connectivity index (χ1) is 11.1. The molecule has 0 bridgehead atoms. The molecule has 3 atom stereocenters. The number of rotatable bonds is 2. The van der Waals surface area contributed by atoms with Crippen LogP contribution in [0.4, 0.5) is 11.4 Å². The average Bonchev–Trinajstić information content (AvgIpc) is 3.03. The molecule has 2 aromatic carbocycles. The zero-order chi connectivity index (χ0) is 16.0. The lowest BCUT2D eigenvalue weighted by molar-refractivity contribution is -0.384. The summed E-state index contributed by atoms with van der Waals surface area (Å²) in [5, 5.41) is 14.5. The van der Waals surface area contributed by atoms with Crippen molar-refractivity contribution in [1.82, 2.24) is 0 Å². The Labute approximate surface area is 142 Å². The fourth-order valence-corrected chi connectivity index (χ4v) is 4.06. The summed E-state index contributed by atoms with van der Waals surface area (Å²) in [6, 6.07) is 13.4. The number of nitro groups is 1. The summed E-state index contributed by atoms with van der Waals surface area (Å²) in [4.78, 5) is 10.5. The monoisotopic (exact) mass is 370 g/mol. The molecule has 23 heavy (non-hydrogen) atoms. The highest BCUT2D eigenvalue weighted by molar-refractivity contribution is 9.10. The topological polar surface area (TPSA) is 55.2 Å². The highest BCUT2D eigenvalue weighted by Gasteiger charge is 2.37. The second-order valence-corrected chi connectivity index (χ2v) is 6.97. The van der Waals surface area contributed by atoms with E-state index in [4.69, 9.17) is 0 Å². The van der Waals surface area contributed by atoms with Gasteiger partial charge in [0.15, 0.2) is 0 Å². The second-order valence-electron chi connectivity index (χ2n) is 6.06. The van der Waals surface area contributed by atoms with Gasteiger partial charge in [0.05, 0.1) is 11.0 Å². The van der Waals surface area contributed by atoms with Gasteiger partial charge in [0.1, 0.15) is 0 Å². The van der Waals surface area contributed by atoms with E-state index in [1.807, 2.05) is 12.1 Å². The van der Waals surface area contributed by atoms with Gasteiger partial charge in [-0.15, -0.1) is 0 Å². The smallest absolute Gasteiger partial charge is 0.269 e. The van der Waals surface area contributed by atoms with E-state index in [-0.39, 0.29) is 16.7 Å². The Morgan fingerprint density at radius 2 is 1.96 bits per heavy atom. The van der Waals surface area contributed by atoms with E-state index in [1.54, 1.807) is 12.1 Å². The van der Waals surface area contributed by atoms with Crippen LogP contribution in [0.2, 0.25) is 0 Å². The highest BCUT2D eigenvalue weighted by atomic mass is 79.9. The summed E-state index contributed by atoms with van der Waals surface area (Å²) in [7, 11) is 0. The van der Waals surface area contributed by atoms with E-state index >= 15 is 0 Å². The number of nitro benzene ring substituents is 1. The zero-order valence-electron chi connectivity index (χ0n) is 12.3. The van der Waals surface area contributed by atoms with Crippen LogP contribution in [0.3, 0.4) is 0 Å². The number of anilines is 1. The number of nitrogens with one attached hydrogen (secondary N) is 1. The number of hydrogen-bond acceptors (Lipinski definition) is 3. The second kappa shape index (κ2) is 5.49. The van der Waals surface area contributed by atoms with Gasteiger partial charge < -0.3 is 5.32 Å². The molecule has 0 saturated heterocycles. The predicted octanol–water partition coefficient (Wildman–Crippen LogP) is 5.18. The van der Waals surface area contributed by atoms with Crippen molar-refractivity contribution in [3.8, 4) is 0 Å². The highest BCUT2D eigenvalue weighted by Crippen LogP contribution is 2.50. The average molecular weight is 371 g/mol. The molecule has 0 saturated carbocycles. The van der Waals surface area contributed by atoms with Gasteiger partial charge in [-0.05, 0) is 35.6 Å². The number of fused-ring (bicyclic) bond motifs is 3. The van der Waals surface area contributed by atoms with Gasteiger partial charge in [0.25, 0.3) is 5.69 Å². The molecular weight excluding hydrogens is 356 g/mol. The Morgan fingerprint density at radius 3 is 2.70 bits per heavy atom. The maximum absolute atomic E-state index is 10.8. The van der Waals surface area contributed by atoms with Crippen LogP contribution in [0, 0.1) is 16.0 Å². The van der Waals surface area contributed by atoms with Crippen molar-refractivity contribution >= 4 is 27.3 Å². The van der Waals surface area contributed by atoms with Crippen LogP contribution >= 0.6 is 15.9 Å². The minimum atomic E-state index is -0.357. The van der Waals surface area contributed by atoms with Gasteiger partial charge >= 0.3 is 0 Å². The van der Waals surface area contributed by atoms with Crippen LogP contribution in [0.1, 0.15) is 29.5 Å². The maximum Gasteiger partial charge on any atom is 0.269 e. The molecule has 2 aromatic rings. The van der Waals surface area contributed by atoms with Crippen molar-refractivity contribution < 1.29 is 4.92 Å². The van der Waals surface area contributed by atoms with Crippen molar-refractivity contribution in [2.75, 3.05) is 5.32 Å². The summed E-state index contributed by atoms with van der Waals surface area (Å²) < 4.78 is 1.05. The Hall–Kier alpha value is -2.14. The number of benzene rings is 2. The Morgan fingerprint density at radius 1 is 1.17 bits per heavy atom. The van der Waals surface area contributed by atoms with Gasteiger partial charge in [0, 0.05) is 28.2 Å². The molecule has 4 nitrogen and oxygen atoms in total. The molecule has 4 rings (SSSR count). The van der Waals surface area contributed by atoms with Crippen molar-refractivity contribution in [1.29, 1.82) is 0 Å². The number of non-ortho nitro benzene ring substituents is 1. The summed E-state index contributed by atoms with van der Waals surface area (Å²) in [5.41, 5.74) is 3.69. The quantitative estimate of drug-likeness (QED) is 0.449. The molecule has 0 aromatic heterocycles. The number of halogens is 1. The van der Waals surface area contributed by atoms with Gasteiger partial charge in [-0.25, -0.2) is 0 Å². The number of nitrogens with zero attached hydrogens (tertiary/aromatic N) is 1. The van der Waals surface area contributed by atoms with Crippen LogP contribution in [-0.2, 0) is 0 Å². The van der Waals surface area contributed by atoms with Crippen molar-refractivity contribution in [3.63, 3.8) is 0 Å². The fourth-order valence-electron chi connectivity index (χ4n) is 3.70. The summed E-state index contributed by atoms with van der Waals surface area (Å²) >= 11 is 3.53. The predicted molar refractivity (Wildman–Crippen MR) is 93.6 cm³/mol. The summed E-state index contributed by atoms with van der Waals surface area (Å²) in [6.45, 7) is 0. The maximum atomic E-state index is 10.8. The van der Waals surface area contributed by atoms with E-state index < -0.39 is 0 Å². The number of hydrogen-bond donors (Lipinski definition) is 1. The molecule has 0 amide bonds. The Kier molecular flexibility index (Phi) is 3.45. The van der Waals surface area contributed by atoms with Crippen molar-refractivity contribution in [2.24, 2.45) is 5.92 Å². The summed E-state index contributed by atoms with van der Waals surface area (Å²) in [5.74, 6) is 0.852.